The Hall–Kier alpha value is -3.16. The second kappa shape index (κ2) is 7.84. The van der Waals surface area contributed by atoms with E-state index in [1.165, 1.54) is 11.3 Å². The third-order valence-electron chi connectivity index (χ3n) is 4.07. The van der Waals surface area contributed by atoms with Crippen molar-refractivity contribution in [2.24, 2.45) is 0 Å². The van der Waals surface area contributed by atoms with Crippen LogP contribution in [0, 0.1) is 0 Å². The van der Waals surface area contributed by atoms with Crippen molar-refractivity contribution in [3.8, 4) is 22.7 Å². The lowest BCUT2D eigenvalue weighted by atomic mass is 10.2. The van der Waals surface area contributed by atoms with E-state index < -0.39 is 0 Å². The summed E-state index contributed by atoms with van der Waals surface area (Å²) in [5.41, 5.74) is 3.01. The van der Waals surface area contributed by atoms with Crippen LogP contribution in [0.15, 0.2) is 66.3 Å². The molecule has 0 atom stereocenters. The third kappa shape index (κ3) is 3.76. The zero-order valence-corrected chi connectivity index (χ0v) is 16.4. The molecule has 0 aliphatic heterocycles. The second-order valence-electron chi connectivity index (χ2n) is 5.84. The van der Waals surface area contributed by atoms with Gasteiger partial charge >= 0.3 is 0 Å². The molecule has 0 bridgehead atoms. The Kier molecular flexibility index (Phi) is 5.10. The maximum atomic E-state index is 12.5. The van der Waals surface area contributed by atoms with Crippen LogP contribution in [0.5, 0.6) is 5.75 Å². The maximum Gasteiger partial charge on any atom is 0.257 e. The van der Waals surface area contributed by atoms with Crippen molar-refractivity contribution in [1.82, 2.24) is 14.8 Å². The number of methoxy groups -OCH3 is 1. The van der Waals surface area contributed by atoms with E-state index in [1.54, 1.807) is 42.3 Å². The highest BCUT2D eigenvalue weighted by Gasteiger charge is 2.11. The number of thiazole rings is 1. The molecule has 4 rings (SSSR count). The van der Waals surface area contributed by atoms with Crippen LogP contribution in [-0.2, 0) is 0 Å². The zero-order chi connectivity index (χ0) is 19.5. The van der Waals surface area contributed by atoms with E-state index >= 15 is 0 Å². The van der Waals surface area contributed by atoms with Crippen molar-refractivity contribution in [3.05, 3.63) is 76.9 Å². The number of hydrogen-bond donors (Lipinski definition) is 1. The predicted octanol–water partition coefficient (Wildman–Crippen LogP) is 4.91. The molecule has 0 radical (unpaired) electrons. The smallest absolute Gasteiger partial charge is 0.257 e. The summed E-state index contributed by atoms with van der Waals surface area (Å²) in [6.07, 6.45) is 3.55. The molecule has 1 N–H and O–H groups in total. The number of amides is 1. The van der Waals surface area contributed by atoms with Crippen LogP contribution in [-0.4, -0.2) is 27.8 Å². The number of ether oxygens (including phenoxy) is 1. The fraction of sp³-hybridized carbons (Fsp3) is 0.0500. The van der Waals surface area contributed by atoms with Gasteiger partial charge in [0.05, 0.1) is 23.5 Å². The molecular formula is C20H15ClN4O2S. The highest BCUT2D eigenvalue weighted by molar-refractivity contribution is 7.14. The van der Waals surface area contributed by atoms with Crippen molar-refractivity contribution >= 4 is 34.0 Å². The summed E-state index contributed by atoms with van der Waals surface area (Å²) >= 11 is 7.53. The van der Waals surface area contributed by atoms with Gasteiger partial charge in [0.1, 0.15) is 5.75 Å². The third-order valence-corrected chi connectivity index (χ3v) is 5.12. The summed E-state index contributed by atoms with van der Waals surface area (Å²) in [6, 6.07) is 14.5. The summed E-state index contributed by atoms with van der Waals surface area (Å²) in [6.45, 7) is 0. The summed E-state index contributed by atoms with van der Waals surface area (Å²) in [5, 5.41) is 9.89. The van der Waals surface area contributed by atoms with Crippen molar-refractivity contribution in [3.63, 3.8) is 0 Å². The molecule has 4 aromatic rings. The Bertz CT molecular complexity index is 1110. The van der Waals surface area contributed by atoms with Crippen molar-refractivity contribution in [2.75, 3.05) is 12.4 Å². The topological polar surface area (TPSA) is 69.0 Å². The van der Waals surface area contributed by atoms with Crippen LogP contribution < -0.4 is 10.1 Å². The van der Waals surface area contributed by atoms with Crippen LogP contribution in [0.25, 0.3) is 16.9 Å². The Morgan fingerprint density at radius 1 is 1.21 bits per heavy atom. The molecule has 1 amide bonds. The number of aromatic nitrogens is 3. The average molecular weight is 411 g/mol. The molecule has 0 spiro atoms. The number of carbonyl (C=O) groups is 1. The molecule has 28 heavy (non-hydrogen) atoms. The van der Waals surface area contributed by atoms with Gasteiger partial charge in [-0.1, -0.05) is 11.6 Å². The van der Waals surface area contributed by atoms with Crippen LogP contribution in [0.4, 0.5) is 5.13 Å². The number of halogens is 1. The van der Waals surface area contributed by atoms with E-state index in [0.29, 0.717) is 21.5 Å². The normalized spacial score (nSPS) is 10.6. The number of carbonyl (C=O) groups excluding carboxylic acids is 1. The van der Waals surface area contributed by atoms with Gasteiger partial charge in [-0.2, -0.15) is 5.10 Å². The van der Waals surface area contributed by atoms with E-state index in [1.807, 2.05) is 35.8 Å². The number of benzene rings is 2. The minimum Gasteiger partial charge on any atom is -0.495 e. The first-order chi connectivity index (χ1) is 13.6. The van der Waals surface area contributed by atoms with E-state index in [9.17, 15) is 4.79 Å². The Labute approximate surface area is 170 Å². The monoisotopic (exact) mass is 410 g/mol. The quantitative estimate of drug-likeness (QED) is 0.507. The van der Waals surface area contributed by atoms with Crippen molar-refractivity contribution < 1.29 is 9.53 Å². The lowest BCUT2D eigenvalue weighted by Gasteiger charge is -2.05. The summed E-state index contributed by atoms with van der Waals surface area (Å²) in [4.78, 5) is 17.0. The summed E-state index contributed by atoms with van der Waals surface area (Å²) in [5.74, 6) is 0.383. The Morgan fingerprint density at radius 2 is 2.04 bits per heavy atom. The molecule has 0 saturated heterocycles. The molecule has 0 saturated carbocycles. The van der Waals surface area contributed by atoms with Crippen molar-refractivity contribution in [1.29, 1.82) is 0 Å². The minimum atomic E-state index is -0.222. The first-order valence-corrected chi connectivity index (χ1v) is 9.60. The van der Waals surface area contributed by atoms with E-state index in [4.69, 9.17) is 16.3 Å². The molecule has 8 heteroatoms. The number of nitrogens with zero attached hydrogens (tertiary/aromatic N) is 3. The Morgan fingerprint density at radius 3 is 2.71 bits per heavy atom. The summed E-state index contributed by atoms with van der Waals surface area (Å²) < 4.78 is 6.89. The predicted molar refractivity (Wildman–Crippen MR) is 111 cm³/mol. The molecule has 140 valence electrons. The van der Waals surface area contributed by atoms with E-state index in [0.717, 1.165) is 16.9 Å². The van der Waals surface area contributed by atoms with Crippen LogP contribution in [0.3, 0.4) is 0 Å². The summed E-state index contributed by atoms with van der Waals surface area (Å²) in [7, 11) is 1.57. The van der Waals surface area contributed by atoms with Gasteiger partial charge < -0.3 is 4.74 Å². The van der Waals surface area contributed by atoms with Crippen LogP contribution in [0.2, 0.25) is 5.02 Å². The molecule has 2 aromatic heterocycles. The number of rotatable bonds is 5. The SMILES string of the molecule is COc1ccc(-c2csc(NC(=O)c3ccc(-n4cccn4)cc3)n2)cc1Cl. The fourth-order valence-electron chi connectivity index (χ4n) is 2.65. The van der Waals surface area contributed by atoms with Gasteiger partial charge in [-0.3, -0.25) is 10.1 Å². The molecule has 0 unspecified atom stereocenters. The number of nitrogens with one attached hydrogen (secondary N) is 1. The Balaban J connectivity index is 1.47. The minimum absolute atomic E-state index is 0.222. The molecule has 6 nitrogen and oxygen atoms in total. The molecule has 2 aromatic carbocycles. The molecule has 0 fully saturated rings. The molecule has 0 aliphatic carbocycles. The zero-order valence-electron chi connectivity index (χ0n) is 14.8. The number of hydrogen-bond acceptors (Lipinski definition) is 5. The molecule has 0 aliphatic rings. The van der Waals surface area contributed by atoms with Gasteiger partial charge in [-0.25, -0.2) is 9.67 Å². The maximum absolute atomic E-state index is 12.5. The average Bonchev–Trinajstić information content (AvgIpc) is 3.40. The molecule has 2 heterocycles. The largest absolute Gasteiger partial charge is 0.495 e. The van der Waals surface area contributed by atoms with Crippen molar-refractivity contribution in [2.45, 2.75) is 0 Å². The van der Waals surface area contributed by atoms with E-state index in [-0.39, 0.29) is 5.91 Å². The second-order valence-corrected chi connectivity index (χ2v) is 7.10. The van der Waals surface area contributed by atoms with Gasteiger partial charge in [-0.15, -0.1) is 11.3 Å². The lowest BCUT2D eigenvalue weighted by molar-refractivity contribution is 0.102. The van der Waals surface area contributed by atoms with Gasteiger partial charge in [0.25, 0.3) is 5.91 Å². The lowest BCUT2D eigenvalue weighted by Crippen LogP contribution is -2.11. The number of anilines is 1. The first-order valence-electron chi connectivity index (χ1n) is 8.35. The van der Waals surface area contributed by atoms with Crippen LogP contribution >= 0.6 is 22.9 Å². The van der Waals surface area contributed by atoms with Gasteiger partial charge in [-0.05, 0) is 48.5 Å². The van der Waals surface area contributed by atoms with Gasteiger partial charge in [0.2, 0.25) is 0 Å². The van der Waals surface area contributed by atoms with E-state index in [2.05, 4.69) is 15.4 Å². The molecular weight excluding hydrogens is 396 g/mol. The van der Waals surface area contributed by atoms with Gasteiger partial charge in [0, 0.05) is 28.9 Å². The van der Waals surface area contributed by atoms with Crippen LogP contribution in [0.1, 0.15) is 10.4 Å². The highest BCUT2D eigenvalue weighted by atomic mass is 35.5. The highest BCUT2D eigenvalue weighted by Crippen LogP contribution is 2.31. The van der Waals surface area contributed by atoms with Gasteiger partial charge in [0.15, 0.2) is 5.13 Å². The standard InChI is InChI=1S/C20H15ClN4O2S/c1-27-18-8-5-14(11-16(18)21)17-12-28-20(23-17)24-19(26)13-3-6-15(7-4-13)25-10-2-9-22-25/h2-12H,1H3,(H,23,24,26). The first kappa shape index (κ1) is 18.2. The fourth-order valence-corrected chi connectivity index (χ4v) is 3.62.